The van der Waals surface area contributed by atoms with Crippen LogP contribution in [0.3, 0.4) is 0 Å². The minimum absolute atomic E-state index is 0.627. The van der Waals surface area contributed by atoms with E-state index >= 15 is 0 Å². The van der Waals surface area contributed by atoms with Crippen LogP contribution in [-0.2, 0) is 0 Å². The largest absolute Gasteiger partial charge is 0.454 e. The first-order valence-corrected chi connectivity index (χ1v) is 14.8. The molecule has 0 radical (unpaired) electrons. The zero-order valence-corrected chi connectivity index (χ0v) is 23.5. The molecule has 0 saturated carbocycles. The van der Waals surface area contributed by atoms with Crippen LogP contribution in [0.25, 0.3) is 93.8 Å². The molecule has 0 fully saturated rings. The summed E-state index contributed by atoms with van der Waals surface area (Å²) in [4.78, 5) is 10.6. The average molecular weight is 562 g/mol. The van der Waals surface area contributed by atoms with Gasteiger partial charge in [-0.05, 0) is 52.2 Å². The van der Waals surface area contributed by atoms with Crippen molar-refractivity contribution < 1.29 is 4.42 Å². The van der Waals surface area contributed by atoms with E-state index in [2.05, 4.69) is 120 Å². The van der Waals surface area contributed by atoms with E-state index in [4.69, 9.17) is 14.4 Å². The number of furan rings is 1. The van der Waals surface area contributed by atoms with Crippen LogP contribution in [0.2, 0.25) is 0 Å². The van der Waals surface area contributed by atoms with Gasteiger partial charge in [-0.1, -0.05) is 109 Å². The molecular formula is C40H23N3O. The summed E-state index contributed by atoms with van der Waals surface area (Å²) in [6.07, 6.45) is 0. The predicted octanol–water partition coefficient (Wildman–Crippen LogP) is 10.6. The van der Waals surface area contributed by atoms with Gasteiger partial charge in [0.15, 0.2) is 5.58 Å². The maximum absolute atomic E-state index is 6.64. The summed E-state index contributed by atoms with van der Waals surface area (Å²) in [5.41, 5.74) is 8.94. The quantitative estimate of drug-likeness (QED) is 0.202. The monoisotopic (exact) mass is 561 g/mol. The van der Waals surface area contributed by atoms with Crippen molar-refractivity contribution in [2.75, 3.05) is 0 Å². The molecule has 0 amide bonds. The summed E-state index contributed by atoms with van der Waals surface area (Å²) in [7, 11) is 0. The molecule has 10 aromatic rings. The van der Waals surface area contributed by atoms with Crippen LogP contribution in [0.15, 0.2) is 144 Å². The Morgan fingerprint density at radius 2 is 1.27 bits per heavy atom. The summed E-state index contributed by atoms with van der Waals surface area (Å²) >= 11 is 0. The lowest BCUT2D eigenvalue weighted by molar-refractivity contribution is 0.671. The lowest BCUT2D eigenvalue weighted by atomic mass is 10.00. The molecule has 0 saturated heterocycles. The smallest absolute Gasteiger partial charge is 0.235 e. The molecule has 44 heavy (non-hydrogen) atoms. The van der Waals surface area contributed by atoms with Gasteiger partial charge in [0.1, 0.15) is 11.1 Å². The van der Waals surface area contributed by atoms with E-state index < -0.39 is 0 Å². The predicted molar refractivity (Wildman–Crippen MR) is 181 cm³/mol. The molecule has 3 heterocycles. The normalized spacial score (nSPS) is 12.1. The van der Waals surface area contributed by atoms with Crippen LogP contribution < -0.4 is 0 Å². The molecule has 0 atom stereocenters. The molecule has 3 aromatic heterocycles. The van der Waals surface area contributed by atoms with Crippen LogP contribution >= 0.6 is 0 Å². The van der Waals surface area contributed by atoms with Gasteiger partial charge in [-0.2, -0.15) is 0 Å². The van der Waals surface area contributed by atoms with Crippen LogP contribution in [0.5, 0.6) is 0 Å². The van der Waals surface area contributed by atoms with E-state index in [1.165, 1.54) is 21.5 Å². The molecule has 0 N–H and O–H groups in total. The van der Waals surface area contributed by atoms with E-state index in [-0.39, 0.29) is 0 Å². The number of nitrogens with zero attached hydrogens (tertiary/aromatic N) is 3. The lowest BCUT2D eigenvalue weighted by Crippen LogP contribution is -2.03. The van der Waals surface area contributed by atoms with Crippen molar-refractivity contribution in [1.82, 2.24) is 14.5 Å². The Kier molecular flexibility index (Phi) is 4.69. The highest BCUT2D eigenvalue weighted by atomic mass is 16.3. The van der Waals surface area contributed by atoms with Crippen LogP contribution in [0.4, 0.5) is 0 Å². The molecule has 204 valence electrons. The van der Waals surface area contributed by atoms with Gasteiger partial charge < -0.3 is 4.42 Å². The third-order valence-electron chi connectivity index (χ3n) is 8.94. The minimum Gasteiger partial charge on any atom is -0.454 e. The summed E-state index contributed by atoms with van der Waals surface area (Å²) in [5.74, 6) is 0.627. The van der Waals surface area contributed by atoms with Crippen molar-refractivity contribution in [2.45, 2.75) is 0 Å². The Hall–Kier alpha value is -6.00. The van der Waals surface area contributed by atoms with E-state index in [0.29, 0.717) is 5.95 Å². The molecule has 0 unspecified atom stereocenters. The fraction of sp³-hybridized carbons (Fsp3) is 0. The first-order chi connectivity index (χ1) is 21.8. The molecule has 0 spiro atoms. The summed E-state index contributed by atoms with van der Waals surface area (Å²) < 4.78 is 8.86. The van der Waals surface area contributed by atoms with Gasteiger partial charge in [-0.15, -0.1) is 0 Å². The second kappa shape index (κ2) is 8.76. The van der Waals surface area contributed by atoms with E-state index in [0.717, 1.165) is 66.3 Å². The summed E-state index contributed by atoms with van der Waals surface area (Å²) in [6, 6.07) is 48.8. The highest BCUT2D eigenvalue weighted by molar-refractivity contribution is 6.31. The number of fused-ring (bicyclic) bond motifs is 5. The summed E-state index contributed by atoms with van der Waals surface area (Å²) in [5, 5.41) is 7.96. The molecule has 4 nitrogen and oxygen atoms in total. The van der Waals surface area contributed by atoms with Gasteiger partial charge >= 0.3 is 0 Å². The highest BCUT2D eigenvalue weighted by Crippen LogP contribution is 2.45. The van der Waals surface area contributed by atoms with Gasteiger partial charge in [-0.3, -0.25) is 4.57 Å². The van der Waals surface area contributed by atoms with Gasteiger partial charge in [0.2, 0.25) is 5.95 Å². The third-order valence-corrected chi connectivity index (χ3v) is 8.94. The Morgan fingerprint density at radius 1 is 0.500 bits per heavy atom. The SMILES string of the molecule is c1ccc(-c2ccc3nc(-n4c5cccc6ccc7cc8c9ccccc9oc8c4c7c65)nc(-c4ccccc4)c3c2)cc1. The highest BCUT2D eigenvalue weighted by Gasteiger charge is 2.24. The summed E-state index contributed by atoms with van der Waals surface area (Å²) in [6.45, 7) is 0. The first kappa shape index (κ1) is 23.6. The standard InChI is InChI=1S/C40H23N3O/c1-3-10-24(11-4-1)27-20-21-32-31(22-27)37(26-12-5-2-6-13-26)42-40(41-32)43-33-16-9-14-25-18-19-28-23-30-29-15-7-8-17-34(29)44-39(30)38(43)36(28)35(25)33/h1-23H. The van der Waals surface area contributed by atoms with Gasteiger partial charge in [0, 0.05) is 32.5 Å². The topological polar surface area (TPSA) is 43.9 Å². The molecule has 0 aliphatic carbocycles. The third kappa shape index (κ3) is 3.22. The second-order valence-corrected chi connectivity index (χ2v) is 11.4. The van der Waals surface area contributed by atoms with Crippen molar-refractivity contribution in [2.24, 2.45) is 0 Å². The molecule has 4 heteroatoms. The maximum Gasteiger partial charge on any atom is 0.235 e. The van der Waals surface area contributed by atoms with Crippen molar-refractivity contribution in [3.05, 3.63) is 140 Å². The Morgan fingerprint density at radius 3 is 2.14 bits per heavy atom. The number of hydrogen-bond acceptors (Lipinski definition) is 3. The number of para-hydroxylation sites is 1. The van der Waals surface area contributed by atoms with Gasteiger partial charge in [0.05, 0.1) is 16.7 Å². The van der Waals surface area contributed by atoms with Crippen molar-refractivity contribution in [3.63, 3.8) is 0 Å². The van der Waals surface area contributed by atoms with E-state index in [1.807, 2.05) is 24.3 Å². The Labute approximate surface area is 251 Å². The fourth-order valence-corrected chi connectivity index (χ4v) is 6.98. The van der Waals surface area contributed by atoms with Crippen LogP contribution in [0.1, 0.15) is 0 Å². The molecule has 0 aliphatic heterocycles. The molecule has 0 aliphatic rings. The zero-order chi connectivity index (χ0) is 28.8. The first-order valence-electron chi connectivity index (χ1n) is 14.8. The lowest BCUT2D eigenvalue weighted by Gasteiger charge is -2.13. The number of hydrogen-bond donors (Lipinski definition) is 0. The number of aromatic nitrogens is 3. The molecule has 7 aromatic carbocycles. The van der Waals surface area contributed by atoms with Crippen molar-refractivity contribution in [3.8, 4) is 28.3 Å². The Bertz CT molecular complexity index is 2700. The van der Waals surface area contributed by atoms with Gasteiger partial charge in [0.25, 0.3) is 0 Å². The van der Waals surface area contributed by atoms with E-state index in [9.17, 15) is 0 Å². The minimum atomic E-state index is 0.627. The average Bonchev–Trinajstić information content (AvgIpc) is 3.64. The molecular weight excluding hydrogens is 538 g/mol. The number of benzene rings is 7. The van der Waals surface area contributed by atoms with E-state index in [1.54, 1.807) is 0 Å². The van der Waals surface area contributed by atoms with Crippen molar-refractivity contribution in [1.29, 1.82) is 0 Å². The second-order valence-electron chi connectivity index (χ2n) is 11.4. The zero-order valence-electron chi connectivity index (χ0n) is 23.5. The van der Waals surface area contributed by atoms with Crippen LogP contribution in [0, 0.1) is 0 Å². The fourth-order valence-electron chi connectivity index (χ4n) is 6.98. The molecule has 10 rings (SSSR count). The Balaban J connectivity index is 1.37. The maximum atomic E-state index is 6.64. The van der Waals surface area contributed by atoms with Crippen molar-refractivity contribution >= 4 is 65.4 Å². The number of rotatable bonds is 3. The molecule has 0 bridgehead atoms. The van der Waals surface area contributed by atoms with Crippen LogP contribution in [-0.4, -0.2) is 14.5 Å². The van der Waals surface area contributed by atoms with Gasteiger partial charge in [-0.25, -0.2) is 9.97 Å².